The number of hydrogen-bond acceptors (Lipinski definition) is 7. The summed E-state index contributed by atoms with van der Waals surface area (Å²) in [5, 5.41) is 19.6. The second-order valence-corrected chi connectivity index (χ2v) is 8.00. The van der Waals surface area contributed by atoms with Crippen LogP contribution < -0.4 is 4.74 Å². The van der Waals surface area contributed by atoms with Gasteiger partial charge in [0.1, 0.15) is 17.9 Å². The summed E-state index contributed by atoms with van der Waals surface area (Å²) < 4.78 is 13.1. The Hall–Kier alpha value is -3.42. The van der Waals surface area contributed by atoms with Crippen molar-refractivity contribution in [3.05, 3.63) is 65.3 Å². The number of aromatic nitrogens is 5. The Morgan fingerprint density at radius 2 is 2.09 bits per heavy atom. The summed E-state index contributed by atoms with van der Waals surface area (Å²) in [5.74, 6) is 6.07. The van der Waals surface area contributed by atoms with E-state index in [4.69, 9.17) is 21.1 Å². The van der Waals surface area contributed by atoms with Crippen LogP contribution in [0, 0.1) is 11.8 Å². The molecule has 10 heteroatoms. The Morgan fingerprint density at radius 1 is 1.24 bits per heavy atom. The van der Waals surface area contributed by atoms with Crippen molar-refractivity contribution in [2.45, 2.75) is 24.7 Å². The zero-order chi connectivity index (χ0) is 22.8. The van der Waals surface area contributed by atoms with E-state index in [1.54, 1.807) is 18.6 Å². The number of benzene rings is 1. The average molecular weight is 466 g/mol. The lowest BCUT2D eigenvalue weighted by molar-refractivity contribution is -0.131. The van der Waals surface area contributed by atoms with Crippen LogP contribution in [0.15, 0.2) is 49.1 Å². The number of hydrogen-bond donors (Lipinski definition) is 3. The highest BCUT2D eigenvalue weighted by molar-refractivity contribution is 6.32. The first-order valence-corrected chi connectivity index (χ1v) is 10.7. The van der Waals surface area contributed by atoms with Crippen LogP contribution >= 0.6 is 11.6 Å². The van der Waals surface area contributed by atoms with Gasteiger partial charge in [0, 0.05) is 30.1 Å². The number of H-pyrrole nitrogens is 1. The van der Waals surface area contributed by atoms with Gasteiger partial charge < -0.3 is 29.2 Å². The summed E-state index contributed by atoms with van der Waals surface area (Å²) in [7, 11) is 0. The number of imidazole rings is 2. The fourth-order valence-corrected chi connectivity index (χ4v) is 3.74. The smallest absolute Gasteiger partial charge is 0.296 e. The molecule has 4 heterocycles. The van der Waals surface area contributed by atoms with E-state index in [1.165, 1.54) is 0 Å². The van der Waals surface area contributed by atoms with Crippen LogP contribution in [0.3, 0.4) is 0 Å². The molecule has 0 aliphatic carbocycles. The third-order valence-electron chi connectivity index (χ3n) is 5.29. The highest BCUT2D eigenvalue weighted by Gasteiger charge is 2.31. The molecule has 5 rings (SSSR count). The maximum Gasteiger partial charge on any atom is 0.296 e. The fourth-order valence-electron chi connectivity index (χ4n) is 3.54. The number of aliphatic hydroxyl groups is 2. The highest BCUT2D eigenvalue weighted by Crippen LogP contribution is 2.24. The second kappa shape index (κ2) is 9.21. The average Bonchev–Trinajstić information content (AvgIpc) is 3.48. The quantitative estimate of drug-likeness (QED) is 0.395. The lowest BCUT2D eigenvalue weighted by Gasteiger charge is -2.31. The van der Waals surface area contributed by atoms with E-state index in [-0.39, 0.29) is 19.2 Å². The van der Waals surface area contributed by atoms with E-state index in [1.807, 2.05) is 35.0 Å². The summed E-state index contributed by atoms with van der Waals surface area (Å²) in [6.45, 7) is 0.00336. The molecule has 33 heavy (non-hydrogen) atoms. The second-order valence-electron chi connectivity index (χ2n) is 7.60. The maximum absolute atomic E-state index is 10.0. The Labute approximate surface area is 194 Å². The van der Waals surface area contributed by atoms with Crippen molar-refractivity contribution in [3.63, 3.8) is 0 Å². The van der Waals surface area contributed by atoms with Crippen molar-refractivity contribution >= 4 is 22.8 Å². The van der Waals surface area contributed by atoms with Gasteiger partial charge in [0.2, 0.25) is 0 Å². The van der Waals surface area contributed by atoms with Gasteiger partial charge in [0.05, 0.1) is 36.2 Å². The van der Waals surface area contributed by atoms with Crippen molar-refractivity contribution in [1.82, 2.24) is 24.5 Å². The van der Waals surface area contributed by atoms with Gasteiger partial charge in [-0.1, -0.05) is 17.5 Å². The van der Waals surface area contributed by atoms with Gasteiger partial charge in [0.25, 0.3) is 6.01 Å². The van der Waals surface area contributed by atoms with Crippen LogP contribution in [-0.2, 0) is 4.74 Å². The monoisotopic (exact) mass is 465 g/mol. The summed E-state index contributed by atoms with van der Waals surface area (Å²) >= 11 is 6.37. The maximum atomic E-state index is 10.0. The van der Waals surface area contributed by atoms with Gasteiger partial charge in [-0.25, -0.2) is 9.97 Å². The van der Waals surface area contributed by atoms with Gasteiger partial charge in [-0.15, -0.1) is 0 Å². The molecule has 168 valence electrons. The van der Waals surface area contributed by atoms with Crippen molar-refractivity contribution in [1.29, 1.82) is 0 Å². The Kier molecular flexibility index (Phi) is 5.98. The van der Waals surface area contributed by atoms with E-state index in [0.29, 0.717) is 28.3 Å². The SMILES string of the molecule is OC[C@H]1OC[C@H](Oc2nc3nc(C#Cc4ccc(-n5ccnc5)cc4)c(Cl)cc3[nH]2)C[C@@H]1O. The summed E-state index contributed by atoms with van der Waals surface area (Å²) in [5.41, 5.74) is 3.24. The van der Waals surface area contributed by atoms with Gasteiger partial charge in [-0.05, 0) is 36.3 Å². The molecule has 1 aromatic carbocycles. The van der Waals surface area contributed by atoms with Gasteiger partial charge >= 0.3 is 0 Å². The molecule has 0 unspecified atom stereocenters. The molecule has 1 fully saturated rings. The minimum absolute atomic E-state index is 0.237. The lowest BCUT2D eigenvalue weighted by Crippen LogP contribution is -2.45. The number of rotatable bonds is 4. The van der Waals surface area contributed by atoms with E-state index in [9.17, 15) is 10.2 Å². The molecule has 0 radical (unpaired) electrons. The van der Waals surface area contributed by atoms with Crippen LogP contribution in [0.5, 0.6) is 6.01 Å². The molecule has 9 nitrogen and oxygen atoms in total. The molecule has 0 spiro atoms. The molecular formula is C23H20ClN5O4. The number of pyridine rings is 1. The van der Waals surface area contributed by atoms with E-state index in [0.717, 1.165) is 11.3 Å². The Balaban J connectivity index is 1.32. The van der Waals surface area contributed by atoms with Crippen LogP contribution in [0.25, 0.3) is 16.9 Å². The van der Waals surface area contributed by atoms with Crippen LogP contribution in [-0.4, -0.2) is 66.2 Å². The normalized spacial score (nSPS) is 20.4. The van der Waals surface area contributed by atoms with Crippen molar-refractivity contribution in [3.8, 4) is 23.5 Å². The van der Waals surface area contributed by atoms with Crippen LogP contribution in [0.2, 0.25) is 5.02 Å². The van der Waals surface area contributed by atoms with Crippen molar-refractivity contribution in [2.75, 3.05) is 13.2 Å². The van der Waals surface area contributed by atoms with Crippen molar-refractivity contribution < 1.29 is 19.7 Å². The number of nitrogens with zero attached hydrogens (tertiary/aromatic N) is 4. The molecule has 0 bridgehead atoms. The van der Waals surface area contributed by atoms with Gasteiger partial charge in [0.15, 0.2) is 5.65 Å². The molecule has 0 saturated carbocycles. The molecule has 1 aliphatic heterocycles. The molecule has 3 N–H and O–H groups in total. The van der Waals surface area contributed by atoms with Gasteiger partial charge in [-0.2, -0.15) is 4.98 Å². The summed E-state index contributed by atoms with van der Waals surface area (Å²) in [6, 6.07) is 9.68. The molecule has 4 aromatic rings. The van der Waals surface area contributed by atoms with E-state index < -0.39 is 18.3 Å². The largest absolute Gasteiger partial charge is 0.459 e. The zero-order valence-electron chi connectivity index (χ0n) is 17.3. The van der Waals surface area contributed by atoms with Crippen LogP contribution in [0.1, 0.15) is 17.7 Å². The predicted molar refractivity (Wildman–Crippen MR) is 120 cm³/mol. The number of nitrogens with one attached hydrogen (secondary N) is 1. The molecule has 1 aliphatic rings. The summed E-state index contributed by atoms with van der Waals surface area (Å²) in [4.78, 5) is 15.9. The van der Waals surface area contributed by atoms with E-state index >= 15 is 0 Å². The first-order valence-electron chi connectivity index (χ1n) is 10.3. The number of ether oxygens (including phenoxy) is 2. The molecule has 1 saturated heterocycles. The number of fused-ring (bicyclic) bond motifs is 1. The number of aromatic amines is 1. The topological polar surface area (TPSA) is 118 Å². The third kappa shape index (κ3) is 4.69. The van der Waals surface area contributed by atoms with E-state index in [2.05, 4.69) is 31.8 Å². The summed E-state index contributed by atoms with van der Waals surface area (Å²) in [6.07, 6.45) is 3.86. The lowest BCUT2D eigenvalue weighted by atomic mass is 10.0. The number of aliphatic hydroxyl groups excluding tert-OH is 2. The van der Waals surface area contributed by atoms with Crippen molar-refractivity contribution in [2.24, 2.45) is 0 Å². The first-order chi connectivity index (χ1) is 16.1. The molecular weight excluding hydrogens is 446 g/mol. The van der Waals surface area contributed by atoms with Gasteiger partial charge in [-0.3, -0.25) is 0 Å². The predicted octanol–water partition coefficient (Wildman–Crippen LogP) is 2.09. The zero-order valence-corrected chi connectivity index (χ0v) is 18.1. The fraction of sp³-hybridized carbons (Fsp3) is 0.261. The Morgan fingerprint density at radius 3 is 2.82 bits per heavy atom. The number of halogens is 1. The molecule has 3 aromatic heterocycles. The minimum Gasteiger partial charge on any atom is -0.459 e. The molecule has 0 amide bonds. The standard InChI is InChI=1S/C23H20ClN5O4/c24-17-10-19-22(28-23(27-19)33-16-9-20(31)21(11-30)32-12-16)26-18(17)6-3-14-1-4-15(5-2-14)29-8-7-25-13-29/h1-2,4-5,7-8,10,13,16,20-21,30-31H,9,11-12H2,(H,26,27,28)/t16-,20+,21-/m1/s1. The first kappa shape index (κ1) is 21.4. The highest BCUT2D eigenvalue weighted by atomic mass is 35.5. The minimum atomic E-state index is -0.804. The Bertz CT molecular complexity index is 1310. The molecule has 3 atom stereocenters. The third-order valence-corrected chi connectivity index (χ3v) is 5.58. The van der Waals surface area contributed by atoms with Crippen LogP contribution in [0.4, 0.5) is 0 Å².